The van der Waals surface area contributed by atoms with Crippen molar-refractivity contribution in [2.24, 2.45) is 5.18 Å². The highest BCUT2D eigenvalue weighted by Crippen LogP contribution is 2.50. The van der Waals surface area contributed by atoms with Gasteiger partial charge in [0.25, 0.3) is 5.60 Å². The molecule has 1 N–H and O–H groups in total. The monoisotopic (exact) mass is 329 g/mol. The lowest BCUT2D eigenvalue weighted by Crippen LogP contribution is -2.53. The molecule has 0 aliphatic rings. The highest BCUT2D eigenvalue weighted by Gasteiger charge is 2.71. The molecule has 1 rings (SSSR count). The number of hydrogen-bond donors (Lipinski definition) is 1. The molecular formula is C13H13F6NO2. The smallest absolute Gasteiger partial charge is 0.369 e. The number of nitrogens with zero attached hydrogens (tertiary/aromatic N) is 1. The minimum Gasteiger partial charge on any atom is -0.369 e. The van der Waals surface area contributed by atoms with Gasteiger partial charge in [0, 0.05) is 5.56 Å². The first kappa shape index (κ1) is 18.4. The van der Waals surface area contributed by atoms with E-state index >= 15 is 0 Å². The van der Waals surface area contributed by atoms with Crippen molar-refractivity contribution in [3.8, 4) is 0 Å². The SMILES string of the molecule is CCCC(N=O)c1ccc(C(O)(C(F)(F)F)C(F)(F)F)cc1. The van der Waals surface area contributed by atoms with Crippen molar-refractivity contribution in [2.75, 3.05) is 0 Å². The summed E-state index contributed by atoms with van der Waals surface area (Å²) in [7, 11) is 0. The average Bonchev–Trinajstić information content (AvgIpc) is 2.41. The molecule has 0 radical (unpaired) electrons. The zero-order valence-electron chi connectivity index (χ0n) is 11.4. The molecule has 0 aliphatic carbocycles. The van der Waals surface area contributed by atoms with Gasteiger partial charge in [0.1, 0.15) is 6.04 Å². The Hall–Kier alpha value is -1.64. The molecule has 0 heterocycles. The maximum atomic E-state index is 12.7. The summed E-state index contributed by atoms with van der Waals surface area (Å²) in [5.74, 6) is 0. The van der Waals surface area contributed by atoms with Crippen LogP contribution in [0.5, 0.6) is 0 Å². The second-order valence-corrected chi connectivity index (χ2v) is 4.74. The van der Waals surface area contributed by atoms with Crippen LogP contribution in [0.15, 0.2) is 29.4 Å². The van der Waals surface area contributed by atoms with Gasteiger partial charge in [-0.15, -0.1) is 0 Å². The highest BCUT2D eigenvalue weighted by molar-refractivity contribution is 5.31. The molecule has 0 saturated heterocycles. The maximum absolute atomic E-state index is 12.7. The third-order valence-corrected chi connectivity index (χ3v) is 3.22. The Kier molecular flexibility index (Phi) is 5.21. The van der Waals surface area contributed by atoms with Gasteiger partial charge in [0.05, 0.1) is 0 Å². The third kappa shape index (κ3) is 3.23. The molecule has 3 nitrogen and oxygen atoms in total. The Labute approximate surface area is 121 Å². The molecule has 0 bridgehead atoms. The van der Waals surface area contributed by atoms with Gasteiger partial charge in [0.15, 0.2) is 0 Å². The lowest BCUT2D eigenvalue weighted by atomic mass is 9.90. The summed E-state index contributed by atoms with van der Waals surface area (Å²) in [5.41, 5.74) is -6.14. The molecule has 1 aromatic carbocycles. The van der Waals surface area contributed by atoms with Crippen LogP contribution in [0.4, 0.5) is 26.3 Å². The first-order valence-electron chi connectivity index (χ1n) is 6.27. The topological polar surface area (TPSA) is 49.7 Å². The summed E-state index contributed by atoms with van der Waals surface area (Å²) in [6.07, 6.45) is -11.0. The maximum Gasteiger partial charge on any atom is 0.430 e. The predicted molar refractivity (Wildman–Crippen MR) is 65.9 cm³/mol. The van der Waals surface area contributed by atoms with E-state index in [1.165, 1.54) is 0 Å². The van der Waals surface area contributed by atoms with Crippen LogP contribution in [-0.4, -0.2) is 17.5 Å². The van der Waals surface area contributed by atoms with Crippen LogP contribution in [0.1, 0.15) is 36.9 Å². The van der Waals surface area contributed by atoms with E-state index in [1.807, 2.05) is 0 Å². The molecular weight excluding hydrogens is 316 g/mol. The molecule has 1 aromatic rings. The van der Waals surface area contributed by atoms with E-state index in [0.29, 0.717) is 25.0 Å². The van der Waals surface area contributed by atoms with E-state index < -0.39 is 29.6 Å². The summed E-state index contributed by atoms with van der Waals surface area (Å²) in [6.45, 7) is 1.75. The molecule has 124 valence electrons. The molecule has 1 atom stereocenters. The van der Waals surface area contributed by atoms with Crippen LogP contribution in [0.2, 0.25) is 0 Å². The number of aliphatic hydroxyl groups is 1. The number of hydrogen-bond acceptors (Lipinski definition) is 3. The number of benzene rings is 1. The van der Waals surface area contributed by atoms with Gasteiger partial charge >= 0.3 is 12.4 Å². The van der Waals surface area contributed by atoms with Crippen LogP contribution < -0.4 is 0 Å². The molecule has 0 aromatic heterocycles. The summed E-state index contributed by atoms with van der Waals surface area (Å²) in [6, 6.07) is 2.01. The van der Waals surface area contributed by atoms with Crippen LogP contribution in [-0.2, 0) is 5.60 Å². The van der Waals surface area contributed by atoms with Gasteiger partial charge in [-0.3, -0.25) is 0 Å². The van der Waals surface area contributed by atoms with Gasteiger partial charge < -0.3 is 5.11 Å². The zero-order valence-corrected chi connectivity index (χ0v) is 11.4. The van der Waals surface area contributed by atoms with Gasteiger partial charge in [-0.2, -0.15) is 31.2 Å². The second kappa shape index (κ2) is 6.23. The van der Waals surface area contributed by atoms with E-state index in [0.717, 1.165) is 12.1 Å². The molecule has 0 saturated carbocycles. The van der Waals surface area contributed by atoms with Crippen molar-refractivity contribution in [3.63, 3.8) is 0 Å². The van der Waals surface area contributed by atoms with Crippen LogP contribution >= 0.6 is 0 Å². The Bertz CT molecular complexity index is 495. The molecule has 22 heavy (non-hydrogen) atoms. The molecule has 0 amide bonds. The molecule has 0 spiro atoms. The lowest BCUT2D eigenvalue weighted by molar-refractivity contribution is -0.376. The number of rotatable bonds is 5. The largest absolute Gasteiger partial charge is 0.430 e. The summed E-state index contributed by atoms with van der Waals surface area (Å²) < 4.78 is 76.2. The molecule has 0 aliphatic heterocycles. The van der Waals surface area contributed by atoms with E-state index in [-0.39, 0.29) is 5.56 Å². The van der Waals surface area contributed by atoms with E-state index in [1.54, 1.807) is 6.92 Å². The lowest BCUT2D eigenvalue weighted by Gasteiger charge is -2.32. The fourth-order valence-corrected chi connectivity index (χ4v) is 1.99. The summed E-state index contributed by atoms with van der Waals surface area (Å²) >= 11 is 0. The summed E-state index contributed by atoms with van der Waals surface area (Å²) in [4.78, 5) is 10.6. The zero-order chi connectivity index (χ0) is 17.2. The predicted octanol–water partition coefficient (Wildman–Crippen LogP) is 4.61. The minimum absolute atomic E-state index is 0.187. The molecule has 0 fully saturated rings. The molecule has 9 heteroatoms. The van der Waals surface area contributed by atoms with Crippen LogP contribution in [0.3, 0.4) is 0 Å². The van der Waals surface area contributed by atoms with Crippen molar-refractivity contribution >= 4 is 0 Å². The van der Waals surface area contributed by atoms with Crippen molar-refractivity contribution in [3.05, 3.63) is 40.3 Å². The van der Waals surface area contributed by atoms with Crippen molar-refractivity contribution in [1.82, 2.24) is 0 Å². The Morgan fingerprint density at radius 1 is 1.05 bits per heavy atom. The Balaban J connectivity index is 3.29. The number of nitroso groups, excluding NO2 is 1. The van der Waals surface area contributed by atoms with Gasteiger partial charge in [0.2, 0.25) is 0 Å². The highest BCUT2D eigenvalue weighted by atomic mass is 19.4. The quantitative estimate of drug-likeness (QED) is 0.634. The fraction of sp³-hybridized carbons (Fsp3) is 0.538. The first-order chi connectivity index (χ1) is 9.99. The standard InChI is InChI=1S/C13H13F6NO2/c1-2-3-10(20-22)8-4-6-9(7-5-8)11(21,12(14,15)16)13(17,18)19/h4-7,10,21H,2-3H2,1H3. The van der Waals surface area contributed by atoms with Gasteiger partial charge in [-0.05, 0) is 12.0 Å². The number of alkyl halides is 6. The Morgan fingerprint density at radius 3 is 1.82 bits per heavy atom. The van der Waals surface area contributed by atoms with E-state index in [2.05, 4.69) is 5.18 Å². The summed E-state index contributed by atoms with van der Waals surface area (Å²) in [5, 5.41) is 12.0. The number of halogens is 6. The van der Waals surface area contributed by atoms with E-state index in [9.17, 15) is 36.4 Å². The van der Waals surface area contributed by atoms with Crippen molar-refractivity contribution in [1.29, 1.82) is 0 Å². The third-order valence-electron chi connectivity index (χ3n) is 3.22. The van der Waals surface area contributed by atoms with Crippen LogP contribution in [0.25, 0.3) is 0 Å². The normalized spacial score (nSPS) is 14.7. The van der Waals surface area contributed by atoms with E-state index in [4.69, 9.17) is 0 Å². The first-order valence-corrected chi connectivity index (χ1v) is 6.27. The van der Waals surface area contributed by atoms with Crippen molar-refractivity contribution < 1.29 is 31.4 Å². The van der Waals surface area contributed by atoms with Crippen LogP contribution in [0, 0.1) is 4.91 Å². The van der Waals surface area contributed by atoms with Gasteiger partial charge in [-0.1, -0.05) is 42.8 Å². The van der Waals surface area contributed by atoms with Crippen molar-refractivity contribution in [2.45, 2.75) is 43.8 Å². The fourth-order valence-electron chi connectivity index (χ4n) is 1.99. The second-order valence-electron chi connectivity index (χ2n) is 4.74. The Morgan fingerprint density at radius 2 is 1.50 bits per heavy atom. The van der Waals surface area contributed by atoms with Gasteiger partial charge in [-0.25, -0.2) is 0 Å². The minimum atomic E-state index is -5.93. The molecule has 1 unspecified atom stereocenters. The average molecular weight is 329 g/mol.